The van der Waals surface area contributed by atoms with E-state index in [2.05, 4.69) is 34.5 Å². The molecule has 0 saturated carbocycles. The van der Waals surface area contributed by atoms with Gasteiger partial charge in [0, 0.05) is 17.7 Å². The number of nitrogens with one attached hydrogen (secondary N) is 1. The van der Waals surface area contributed by atoms with E-state index in [1.54, 1.807) is 0 Å². The SMILES string of the molecule is Nc1cc(C2CCc3ccccc32)[nH]n1. The highest BCUT2D eigenvalue weighted by atomic mass is 15.2. The van der Waals surface area contributed by atoms with Crippen LogP contribution < -0.4 is 5.73 Å². The molecule has 0 spiro atoms. The average molecular weight is 199 g/mol. The van der Waals surface area contributed by atoms with E-state index in [0.29, 0.717) is 11.7 Å². The number of nitrogen functional groups attached to an aromatic ring is 1. The number of aromatic amines is 1. The molecule has 1 aliphatic carbocycles. The van der Waals surface area contributed by atoms with E-state index in [4.69, 9.17) is 5.73 Å². The summed E-state index contributed by atoms with van der Waals surface area (Å²) in [6, 6.07) is 10.5. The number of aryl methyl sites for hydroxylation is 1. The molecule has 0 saturated heterocycles. The second-order valence-electron chi connectivity index (χ2n) is 4.04. The lowest BCUT2D eigenvalue weighted by Gasteiger charge is -2.07. The van der Waals surface area contributed by atoms with Gasteiger partial charge in [-0.05, 0) is 24.0 Å². The van der Waals surface area contributed by atoms with Gasteiger partial charge in [-0.1, -0.05) is 24.3 Å². The molecule has 0 bridgehead atoms. The fraction of sp³-hybridized carbons (Fsp3) is 0.250. The summed E-state index contributed by atoms with van der Waals surface area (Å²) >= 11 is 0. The first-order valence-electron chi connectivity index (χ1n) is 5.23. The molecule has 2 aromatic rings. The summed E-state index contributed by atoms with van der Waals surface area (Å²) in [6.45, 7) is 0. The van der Waals surface area contributed by atoms with Gasteiger partial charge in [0.25, 0.3) is 0 Å². The summed E-state index contributed by atoms with van der Waals surface area (Å²) in [5.41, 5.74) is 9.63. The lowest BCUT2D eigenvalue weighted by Crippen LogP contribution is -1.96. The van der Waals surface area contributed by atoms with Crippen LogP contribution in [0, 0.1) is 0 Å². The molecule has 3 rings (SSSR count). The third-order valence-corrected chi connectivity index (χ3v) is 3.13. The summed E-state index contributed by atoms with van der Waals surface area (Å²) in [4.78, 5) is 0. The Hall–Kier alpha value is -1.77. The minimum Gasteiger partial charge on any atom is -0.382 e. The van der Waals surface area contributed by atoms with Gasteiger partial charge in [-0.15, -0.1) is 0 Å². The highest BCUT2D eigenvalue weighted by molar-refractivity contribution is 5.42. The Morgan fingerprint density at radius 1 is 1.33 bits per heavy atom. The first kappa shape index (κ1) is 8.53. The fourth-order valence-electron chi connectivity index (χ4n) is 2.41. The van der Waals surface area contributed by atoms with Gasteiger partial charge in [0.15, 0.2) is 0 Å². The Morgan fingerprint density at radius 3 is 3.00 bits per heavy atom. The van der Waals surface area contributed by atoms with Gasteiger partial charge in [-0.3, -0.25) is 5.10 Å². The van der Waals surface area contributed by atoms with Crippen molar-refractivity contribution < 1.29 is 0 Å². The van der Waals surface area contributed by atoms with Crippen LogP contribution in [-0.4, -0.2) is 10.2 Å². The van der Waals surface area contributed by atoms with Crippen molar-refractivity contribution in [2.75, 3.05) is 5.73 Å². The maximum Gasteiger partial charge on any atom is 0.145 e. The number of aromatic nitrogens is 2. The van der Waals surface area contributed by atoms with E-state index in [1.807, 2.05) is 6.07 Å². The lowest BCUT2D eigenvalue weighted by molar-refractivity contribution is 0.755. The van der Waals surface area contributed by atoms with Crippen molar-refractivity contribution in [1.82, 2.24) is 10.2 Å². The number of rotatable bonds is 1. The van der Waals surface area contributed by atoms with Crippen LogP contribution >= 0.6 is 0 Å². The normalized spacial score (nSPS) is 19.1. The van der Waals surface area contributed by atoms with E-state index < -0.39 is 0 Å². The Morgan fingerprint density at radius 2 is 2.20 bits per heavy atom. The maximum atomic E-state index is 5.62. The summed E-state index contributed by atoms with van der Waals surface area (Å²) in [5, 5.41) is 7.00. The van der Waals surface area contributed by atoms with Crippen LogP contribution in [0.25, 0.3) is 0 Å². The summed E-state index contributed by atoms with van der Waals surface area (Å²) < 4.78 is 0. The number of nitrogens with zero attached hydrogens (tertiary/aromatic N) is 1. The molecule has 0 fully saturated rings. The van der Waals surface area contributed by atoms with E-state index in [9.17, 15) is 0 Å². The predicted molar refractivity (Wildman–Crippen MR) is 59.6 cm³/mol. The molecule has 0 aliphatic heterocycles. The molecule has 3 N–H and O–H groups in total. The molecule has 1 aromatic carbocycles. The third-order valence-electron chi connectivity index (χ3n) is 3.13. The zero-order valence-electron chi connectivity index (χ0n) is 8.40. The maximum absolute atomic E-state index is 5.62. The van der Waals surface area contributed by atoms with Gasteiger partial charge >= 0.3 is 0 Å². The lowest BCUT2D eigenvalue weighted by atomic mass is 9.98. The molecule has 1 heterocycles. The van der Waals surface area contributed by atoms with Gasteiger partial charge in [-0.25, -0.2) is 0 Å². The minimum absolute atomic E-state index is 0.450. The predicted octanol–water partition coefficient (Wildman–Crippen LogP) is 2.07. The zero-order valence-corrected chi connectivity index (χ0v) is 8.40. The highest BCUT2D eigenvalue weighted by Gasteiger charge is 2.24. The van der Waals surface area contributed by atoms with Gasteiger partial charge in [0.05, 0.1) is 0 Å². The number of nitrogens with two attached hydrogens (primary N) is 1. The molecule has 0 amide bonds. The van der Waals surface area contributed by atoms with Gasteiger partial charge < -0.3 is 5.73 Å². The average Bonchev–Trinajstić information content (AvgIpc) is 2.83. The summed E-state index contributed by atoms with van der Waals surface area (Å²) in [6.07, 6.45) is 2.31. The minimum atomic E-state index is 0.450. The Kier molecular flexibility index (Phi) is 1.78. The van der Waals surface area contributed by atoms with Crippen LogP contribution in [0.5, 0.6) is 0 Å². The van der Waals surface area contributed by atoms with Crippen LogP contribution in [0.4, 0.5) is 5.82 Å². The van der Waals surface area contributed by atoms with E-state index in [-0.39, 0.29) is 0 Å². The Balaban J connectivity index is 2.04. The van der Waals surface area contributed by atoms with Gasteiger partial charge in [0.2, 0.25) is 0 Å². The van der Waals surface area contributed by atoms with Crippen molar-refractivity contribution in [2.24, 2.45) is 0 Å². The van der Waals surface area contributed by atoms with Crippen molar-refractivity contribution in [1.29, 1.82) is 0 Å². The van der Waals surface area contributed by atoms with Crippen molar-refractivity contribution in [3.8, 4) is 0 Å². The highest BCUT2D eigenvalue weighted by Crippen LogP contribution is 2.37. The van der Waals surface area contributed by atoms with E-state index in [1.165, 1.54) is 11.1 Å². The molecule has 76 valence electrons. The molecule has 1 atom stereocenters. The van der Waals surface area contributed by atoms with Gasteiger partial charge in [0.1, 0.15) is 5.82 Å². The van der Waals surface area contributed by atoms with Crippen LogP contribution in [-0.2, 0) is 6.42 Å². The first-order valence-corrected chi connectivity index (χ1v) is 5.23. The first-order chi connectivity index (χ1) is 7.34. The molecule has 1 unspecified atom stereocenters. The number of fused-ring (bicyclic) bond motifs is 1. The monoisotopic (exact) mass is 199 g/mol. The third kappa shape index (κ3) is 1.31. The van der Waals surface area contributed by atoms with Gasteiger partial charge in [-0.2, -0.15) is 5.10 Å². The second-order valence-corrected chi connectivity index (χ2v) is 4.04. The number of H-pyrrole nitrogens is 1. The largest absolute Gasteiger partial charge is 0.382 e. The number of anilines is 1. The fourth-order valence-corrected chi connectivity index (χ4v) is 2.41. The molecule has 15 heavy (non-hydrogen) atoms. The van der Waals surface area contributed by atoms with Crippen LogP contribution in [0.2, 0.25) is 0 Å². The van der Waals surface area contributed by atoms with Crippen LogP contribution in [0.15, 0.2) is 30.3 Å². The van der Waals surface area contributed by atoms with Crippen molar-refractivity contribution >= 4 is 5.82 Å². The number of hydrogen-bond acceptors (Lipinski definition) is 2. The van der Waals surface area contributed by atoms with Crippen molar-refractivity contribution in [3.63, 3.8) is 0 Å². The van der Waals surface area contributed by atoms with Crippen LogP contribution in [0.3, 0.4) is 0 Å². The molecular weight excluding hydrogens is 186 g/mol. The van der Waals surface area contributed by atoms with Crippen molar-refractivity contribution in [3.05, 3.63) is 47.2 Å². The summed E-state index contributed by atoms with van der Waals surface area (Å²) in [5.74, 6) is 1.03. The summed E-state index contributed by atoms with van der Waals surface area (Å²) in [7, 11) is 0. The quantitative estimate of drug-likeness (QED) is 0.738. The smallest absolute Gasteiger partial charge is 0.145 e. The second kappa shape index (κ2) is 3.12. The molecule has 3 heteroatoms. The molecule has 0 radical (unpaired) electrons. The van der Waals surface area contributed by atoms with E-state index >= 15 is 0 Å². The Bertz CT molecular complexity index is 487. The van der Waals surface area contributed by atoms with Crippen LogP contribution in [0.1, 0.15) is 29.2 Å². The number of hydrogen-bond donors (Lipinski definition) is 2. The Labute approximate surface area is 88.3 Å². The molecule has 1 aliphatic rings. The molecule has 1 aromatic heterocycles. The van der Waals surface area contributed by atoms with E-state index in [0.717, 1.165) is 18.5 Å². The molecular formula is C12H13N3. The topological polar surface area (TPSA) is 54.7 Å². The number of benzene rings is 1. The molecule has 3 nitrogen and oxygen atoms in total. The zero-order chi connectivity index (χ0) is 10.3. The van der Waals surface area contributed by atoms with Crippen molar-refractivity contribution in [2.45, 2.75) is 18.8 Å². The standard InChI is InChI=1S/C12H13N3/c13-12-7-11(14-15-12)10-6-5-8-3-1-2-4-9(8)10/h1-4,7,10H,5-6H2,(H3,13,14,15).